The minimum atomic E-state index is 1.01. The quantitative estimate of drug-likeness (QED) is 0.438. The molecule has 0 radical (unpaired) electrons. The van der Waals surface area contributed by atoms with Crippen molar-refractivity contribution in [3.8, 4) is 0 Å². The van der Waals surface area contributed by atoms with Gasteiger partial charge >= 0.3 is 0 Å². The summed E-state index contributed by atoms with van der Waals surface area (Å²) in [5.74, 6) is 1.01. The van der Waals surface area contributed by atoms with E-state index in [1.54, 1.807) is 6.26 Å². The van der Waals surface area contributed by atoms with Crippen molar-refractivity contribution in [2.45, 2.75) is 0 Å². The van der Waals surface area contributed by atoms with Crippen LogP contribution in [-0.2, 0) is 4.74 Å². The molecule has 1 heteroatoms. The molecule has 0 aromatic carbocycles. The van der Waals surface area contributed by atoms with Crippen molar-refractivity contribution in [3.05, 3.63) is 35.8 Å². The van der Waals surface area contributed by atoms with Gasteiger partial charge in [0, 0.05) is 0 Å². The first-order chi connectivity index (χ1) is 3.47. The van der Waals surface area contributed by atoms with E-state index in [-0.39, 0.29) is 0 Å². The molecule has 1 aliphatic heterocycles. The fourth-order valence-corrected chi connectivity index (χ4v) is 0.691. The van der Waals surface area contributed by atoms with Crippen LogP contribution in [-0.4, -0.2) is 0 Å². The minimum Gasteiger partial charge on any atom is -0.463 e. The van der Waals surface area contributed by atoms with Gasteiger partial charge in [0.05, 0.1) is 5.57 Å². The zero-order valence-corrected chi connectivity index (χ0v) is 3.72. The Labute approximate surface area is 41.6 Å². The zero-order chi connectivity index (χ0) is 4.69. The first-order valence-corrected chi connectivity index (χ1v) is 2.22. The van der Waals surface area contributed by atoms with Gasteiger partial charge in [0.1, 0.15) is 12.0 Å². The van der Waals surface area contributed by atoms with Crippen molar-refractivity contribution < 1.29 is 4.74 Å². The van der Waals surface area contributed by atoms with Gasteiger partial charge in [-0.2, -0.15) is 0 Å². The van der Waals surface area contributed by atoms with Crippen molar-refractivity contribution in [1.82, 2.24) is 0 Å². The molecule has 2 rings (SSSR count). The lowest BCUT2D eigenvalue weighted by Crippen LogP contribution is -1.95. The second kappa shape index (κ2) is 0.808. The van der Waals surface area contributed by atoms with E-state index in [9.17, 15) is 0 Å². The summed E-state index contributed by atoms with van der Waals surface area (Å²) in [5.41, 5.74) is 1.22. The van der Waals surface area contributed by atoms with Crippen molar-refractivity contribution >= 4 is 0 Å². The summed E-state index contributed by atoms with van der Waals surface area (Å²) in [5, 5.41) is 0. The van der Waals surface area contributed by atoms with E-state index < -0.39 is 0 Å². The third-order valence-corrected chi connectivity index (χ3v) is 1.12. The lowest BCUT2D eigenvalue weighted by Gasteiger charge is -2.11. The van der Waals surface area contributed by atoms with Gasteiger partial charge in [0.25, 0.3) is 0 Å². The van der Waals surface area contributed by atoms with E-state index in [1.807, 2.05) is 18.2 Å². The van der Waals surface area contributed by atoms with Gasteiger partial charge in [-0.15, -0.1) is 0 Å². The fraction of sp³-hybridized carbons (Fsp3) is 0. The third kappa shape index (κ3) is 0.233. The Morgan fingerprint density at radius 1 is 1.43 bits per heavy atom. The SMILES string of the molecule is C1=CC2=COC2=C1. The molecule has 1 heterocycles. The Bertz CT molecular complexity index is 184. The van der Waals surface area contributed by atoms with Crippen LogP contribution in [0.4, 0.5) is 0 Å². The van der Waals surface area contributed by atoms with Crippen LogP contribution in [0.25, 0.3) is 0 Å². The van der Waals surface area contributed by atoms with Crippen LogP contribution in [0.5, 0.6) is 0 Å². The largest absolute Gasteiger partial charge is 0.463 e. The normalized spacial score (nSPS) is 21.7. The molecule has 7 heavy (non-hydrogen) atoms. The Morgan fingerprint density at radius 2 is 2.43 bits per heavy atom. The molecule has 0 fully saturated rings. The molecule has 0 atom stereocenters. The maximum absolute atomic E-state index is 4.89. The molecule has 0 N–H and O–H groups in total. The second-order valence-electron chi connectivity index (χ2n) is 1.58. The molecule has 0 spiro atoms. The lowest BCUT2D eigenvalue weighted by molar-refractivity contribution is 0.317. The number of fused-ring (bicyclic) bond motifs is 1. The van der Waals surface area contributed by atoms with Crippen LogP contribution in [0.3, 0.4) is 0 Å². The van der Waals surface area contributed by atoms with E-state index in [1.165, 1.54) is 5.57 Å². The first-order valence-electron chi connectivity index (χ1n) is 2.22. The number of ether oxygens (including phenoxy) is 1. The minimum absolute atomic E-state index is 1.01. The van der Waals surface area contributed by atoms with Crippen molar-refractivity contribution in [1.29, 1.82) is 0 Å². The van der Waals surface area contributed by atoms with Crippen LogP contribution in [0.1, 0.15) is 0 Å². The van der Waals surface area contributed by atoms with E-state index in [4.69, 9.17) is 4.74 Å². The van der Waals surface area contributed by atoms with Gasteiger partial charge in [0.2, 0.25) is 0 Å². The fourth-order valence-electron chi connectivity index (χ4n) is 0.691. The molecule has 1 nitrogen and oxygen atoms in total. The van der Waals surface area contributed by atoms with Crippen LogP contribution in [0.2, 0.25) is 0 Å². The van der Waals surface area contributed by atoms with Gasteiger partial charge in [0.15, 0.2) is 0 Å². The highest BCUT2D eigenvalue weighted by atomic mass is 16.5. The van der Waals surface area contributed by atoms with Gasteiger partial charge in [-0.05, 0) is 12.2 Å². The summed E-state index contributed by atoms with van der Waals surface area (Å²) in [6, 6.07) is 0. The monoisotopic (exact) mass is 92.0 g/mol. The van der Waals surface area contributed by atoms with Crippen molar-refractivity contribution in [2.24, 2.45) is 0 Å². The summed E-state index contributed by atoms with van der Waals surface area (Å²) in [7, 11) is 0. The highest BCUT2D eigenvalue weighted by Crippen LogP contribution is 2.27. The standard InChI is InChI=1S/C6H4O/c1-2-5-4-7-6(5)3-1/h1-4H. The molecule has 0 saturated heterocycles. The Balaban J connectivity index is 2.60. The molecule has 0 bridgehead atoms. The maximum atomic E-state index is 4.89. The average Bonchev–Trinajstić information content (AvgIpc) is 1.85. The molecule has 0 aromatic heterocycles. The molecular formula is C6H4O. The van der Waals surface area contributed by atoms with Gasteiger partial charge < -0.3 is 4.74 Å². The van der Waals surface area contributed by atoms with Crippen molar-refractivity contribution in [3.63, 3.8) is 0 Å². The van der Waals surface area contributed by atoms with Crippen molar-refractivity contribution in [2.75, 3.05) is 0 Å². The molecule has 34 valence electrons. The highest BCUT2D eigenvalue weighted by Gasteiger charge is 2.14. The maximum Gasteiger partial charge on any atom is 0.136 e. The molecule has 0 saturated carbocycles. The van der Waals surface area contributed by atoms with Crippen LogP contribution in [0, 0.1) is 0 Å². The topological polar surface area (TPSA) is 9.23 Å². The van der Waals surface area contributed by atoms with Gasteiger partial charge in [-0.25, -0.2) is 0 Å². The van der Waals surface area contributed by atoms with E-state index in [0.29, 0.717) is 0 Å². The predicted octanol–water partition coefficient (Wildman–Crippen LogP) is 1.35. The summed E-state index contributed by atoms with van der Waals surface area (Å²) < 4.78 is 4.89. The lowest BCUT2D eigenvalue weighted by atomic mass is 10.2. The Morgan fingerprint density at radius 3 is 2.71 bits per heavy atom. The second-order valence-corrected chi connectivity index (χ2v) is 1.58. The summed E-state index contributed by atoms with van der Waals surface area (Å²) in [6.07, 6.45) is 7.71. The number of hydrogen-bond donors (Lipinski definition) is 0. The first kappa shape index (κ1) is 3.08. The van der Waals surface area contributed by atoms with E-state index in [0.717, 1.165) is 5.76 Å². The molecule has 0 aromatic rings. The zero-order valence-electron chi connectivity index (χ0n) is 3.72. The average molecular weight is 92.1 g/mol. The molecule has 1 aliphatic carbocycles. The Hall–Kier alpha value is -0.980. The van der Waals surface area contributed by atoms with Gasteiger partial charge in [-0.1, -0.05) is 6.08 Å². The van der Waals surface area contributed by atoms with Crippen LogP contribution < -0.4 is 0 Å². The van der Waals surface area contributed by atoms with E-state index >= 15 is 0 Å². The molecule has 0 amide bonds. The van der Waals surface area contributed by atoms with Crippen LogP contribution >= 0.6 is 0 Å². The molecule has 0 unspecified atom stereocenters. The van der Waals surface area contributed by atoms with Gasteiger partial charge in [-0.3, -0.25) is 0 Å². The predicted molar refractivity (Wildman–Crippen MR) is 26.4 cm³/mol. The summed E-state index contributed by atoms with van der Waals surface area (Å²) in [4.78, 5) is 0. The smallest absolute Gasteiger partial charge is 0.136 e. The Kier molecular flexibility index (Phi) is 0.355. The van der Waals surface area contributed by atoms with E-state index in [2.05, 4.69) is 0 Å². The summed E-state index contributed by atoms with van der Waals surface area (Å²) in [6.45, 7) is 0. The molecule has 2 aliphatic rings. The summed E-state index contributed by atoms with van der Waals surface area (Å²) >= 11 is 0. The third-order valence-electron chi connectivity index (χ3n) is 1.12. The highest BCUT2D eigenvalue weighted by molar-refractivity contribution is 5.48. The van der Waals surface area contributed by atoms with Crippen LogP contribution in [0.15, 0.2) is 35.8 Å². The number of rotatable bonds is 0. The molecular weight excluding hydrogens is 88.1 g/mol. The number of hydrogen-bond acceptors (Lipinski definition) is 1. The number of allylic oxidation sites excluding steroid dienone is 3.